The van der Waals surface area contributed by atoms with E-state index in [9.17, 15) is 0 Å². The van der Waals surface area contributed by atoms with Crippen LogP contribution in [0.5, 0.6) is 0 Å². The van der Waals surface area contributed by atoms with Crippen molar-refractivity contribution in [1.29, 1.82) is 0 Å². The third-order valence-corrected chi connectivity index (χ3v) is 3.86. The zero-order valence-corrected chi connectivity index (χ0v) is 12.9. The Bertz CT molecular complexity index is 410. The van der Waals surface area contributed by atoms with Gasteiger partial charge in [0.2, 0.25) is 0 Å². The second-order valence-corrected chi connectivity index (χ2v) is 5.87. The fourth-order valence-electron chi connectivity index (χ4n) is 2.43. The molecule has 2 rings (SSSR count). The third kappa shape index (κ3) is 4.16. The number of anilines is 1. The summed E-state index contributed by atoms with van der Waals surface area (Å²) < 4.78 is 0. The molecule has 1 fully saturated rings. The number of likely N-dealkylation sites (N-methyl/N-ethyl adjacent to an activating group) is 1. The highest BCUT2D eigenvalue weighted by atomic mass is 15.3. The Labute approximate surface area is 122 Å². The molecule has 0 saturated carbocycles. The average molecular weight is 277 g/mol. The number of hydrogen-bond acceptors (Lipinski definition) is 5. The lowest BCUT2D eigenvalue weighted by molar-refractivity contribution is 0.229. The summed E-state index contributed by atoms with van der Waals surface area (Å²) >= 11 is 0. The Balaban J connectivity index is 1.88. The van der Waals surface area contributed by atoms with Crippen LogP contribution in [-0.4, -0.2) is 68.1 Å². The lowest BCUT2D eigenvalue weighted by Gasteiger charge is -2.36. The Morgan fingerprint density at radius 3 is 2.60 bits per heavy atom. The Morgan fingerprint density at radius 2 is 2.00 bits per heavy atom. The minimum atomic E-state index is 0.0677. The average Bonchev–Trinajstić information content (AvgIpc) is 2.46. The first-order valence-corrected chi connectivity index (χ1v) is 7.40. The minimum Gasteiger partial charge on any atom is -0.354 e. The van der Waals surface area contributed by atoms with Crippen molar-refractivity contribution in [2.75, 3.05) is 58.3 Å². The molecule has 20 heavy (non-hydrogen) atoms. The largest absolute Gasteiger partial charge is 0.354 e. The number of piperazine rings is 1. The molecule has 1 aromatic rings. The quantitative estimate of drug-likeness (QED) is 0.862. The molecule has 2 heterocycles. The number of rotatable bonds is 5. The van der Waals surface area contributed by atoms with Crippen LogP contribution in [0.2, 0.25) is 0 Å². The molecule has 0 aromatic carbocycles. The second kappa shape index (κ2) is 7.02. The van der Waals surface area contributed by atoms with E-state index in [4.69, 9.17) is 5.73 Å². The lowest BCUT2D eigenvalue weighted by atomic mass is 10.1. The smallest absolute Gasteiger partial charge is 0.128 e. The minimum absolute atomic E-state index is 0.0677. The van der Waals surface area contributed by atoms with E-state index in [2.05, 4.69) is 39.8 Å². The Morgan fingerprint density at radius 1 is 1.30 bits per heavy atom. The van der Waals surface area contributed by atoms with Gasteiger partial charge in [0, 0.05) is 51.5 Å². The Hall–Kier alpha value is -1.17. The third-order valence-electron chi connectivity index (χ3n) is 3.86. The van der Waals surface area contributed by atoms with E-state index >= 15 is 0 Å². The molecule has 1 unspecified atom stereocenters. The summed E-state index contributed by atoms with van der Waals surface area (Å²) in [5.41, 5.74) is 7.10. The number of nitrogens with two attached hydrogens (primary N) is 1. The summed E-state index contributed by atoms with van der Waals surface area (Å²) in [7, 11) is 4.25. The summed E-state index contributed by atoms with van der Waals surface area (Å²) in [6.07, 6.45) is 1.87. The molecule has 0 aliphatic carbocycles. The Kier molecular flexibility index (Phi) is 5.34. The van der Waals surface area contributed by atoms with Gasteiger partial charge in [0.05, 0.1) is 0 Å². The van der Waals surface area contributed by atoms with E-state index < -0.39 is 0 Å². The van der Waals surface area contributed by atoms with E-state index in [1.165, 1.54) is 0 Å². The maximum atomic E-state index is 5.94. The highest BCUT2D eigenvalue weighted by molar-refractivity contribution is 5.42. The van der Waals surface area contributed by atoms with Crippen LogP contribution in [0.15, 0.2) is 18.3 Å². The van der Waals surface area contributed by atoms with Crippen molar-refractivity contribution < 1.29 is 0 Å². The van der Waals surface area contributed by atoms with Crippen LogP contribution in [0.1, 0.15) is 18.5 Å². The first kappa shape index (κ1) is 15.2. The van der Waals surface area contributed by atoms with Gasteiger partial charge in [0.25, 0.3) is 0 Å². The van der Waals surface area contributed by atoms with Crippen LogP contribution in [0.25, 0.3) is 0 Å². The van der Waals surface area contributed by atoms with Gasteiger partial charge in [-0.2, -0.15) is 0 Å². The first-order chi connectivity index (χ1) is 9.56. The van der Waals surface area contributed by atoms with Gasteiger partial charge in [-0.15, -0.1) is 0 Å². The van der Waals surface area contributed by atoms with E-state index in [-0.39, 0.29) is 6.04 Å². The summed E-state index contributed by atoms with van der Waals surface area (Å²) in [6.45, 7) is 8.59. The normalized spacial score (nSPS) is 18.6. The molecule has 0 bridgehead atoms. The predicted octanol–water partition coefficient (Wildman–Crippen LogP) is 0.785. The molecule has 5 nitrogen and oxygen atoms in total. The van der Waals surface area contributed by atoms with Crippen molar-refractivity contribution in [3.8, 4) is 0 Å². The maximum Gasteiger partial charge on any atom is 0.128 e. The molecule has 1 aliphatic heterocycles. The van der Waals surface area contributed by atoms with Crippen molar-refractivity contribution in [2.24, 2.45) is 5.73 Å². The predicted molar refractivity (Wildman–Crippen MR) is 84.0 cm³/mol. The van der Waals surface area contributed by atoms with Crippen molar-refractivity contribution in [1.82, 2.24) is 14.8 Å². The molecule has 0 radical (unpaired) electrons. The molecule has 1 saturated heterocycles. The van der Waals surface area contributed by atoms with Crippen LogP contribution < -0.4 is 10.6 Å². The van der Waals surface area contributed by atoms with Gasteiger partial charge >= 0.3 is 0 Å². The van der Waals surface area contributed by atoms with Crippen LogP contribution in [0.4, 0.5) is 5.82 Å². The standard InChI is InChI=1S/C15H27N5/c1-13(16)14-4-5-17-15(12-14)20-10-8-19(9-11-20)7-6-18(2)3/h4-5,12-13H,6-11,16H2,1-3H3. The summed E-state index contributed by atoms with van der Waals surface area (Å²) in [5.74, 6) is 1.06. The topological polar surface area (TPSA) is 48.6 Å². The maximum absolute atomic E-state index is 5.94. The molecule has 1 atom stereocenters. The van der Waals surface area contributed by atoms with Crippen molar-refractivity contribution >= 4 is 5.82 Å². The first-order valence-electron chi connectivity index (χ1n) is 7.40. The van der Waals surface area contributed by atoms with Gasteiger partial charge in [-0.3, -0.25) is 4.90 Å². The fourth-order valence-corrected chi connectivity index (χ4v) is 2.43. The zero-order chi connectivity index (χ0) is 14.5. The van der Waals surface area contributed by atoms with Crippen LogP contribution in [-0.2, 0) is 0 Å². The van der Waals surface area contributed by atoms with Gasteiger partial charge in [-0.25, -0.2) is 4.98 Å². The number of nitrogens with zero attached hydrogens (tertiary/aromatic N) is 4. The molecular formula is C15H27N5. The van der Waals surface area contributed by atoms with Crippen molar-refractivity contribution in [3.05, 3.63) is 23.9 Å². The highest BCUT2D eigenvalue weighted by Gasteiger charge is 2.18. The number of pyridine rings is 1. The van der Waals surface area contributed by atoms with E-state index in [1.807, 2.05) is 19.2 Å². The summed E-state index contributed by atoms with van der Waals surface area (Å²) in [5, 5.41) is 0. The van der Waals surface area contributed by atoms with Crippen LogP contribution in [0, 0.1) is 0 Å². The molecular weight excluding hydrogens is 250 g/mol. The highest BCUT2D eigenvalue weighted by Crippen LogP contribution is 2.18. The SMILES string of the molecule is CC(N)c1ccnc(N2CCN(CCN(C)C)CC2)c1. The molecule has 0 amide bonds. The van der Waals surface area contributed by atoms with E-state index in [0.717, 1.165) is 50.6 Å². The van der Waals surface area contributed by atoms with Gasteiger partial charge < -0.3 is 15.5 Å². The van der Waals surface area contributed by atoms with Crippen LogP contribution in [0.3, 0.4) is 0 Å². The van der Waals surface area contributed by atoms with Crippen molar-refractivity contribution in [3.63, 3.8) is 0 Å². The molecule has 0 spiro atoms. The van der Waals surface area contributed by atoms with Crippen LogP contribution >= 0.6 is 0 Å². The zero-order valence-electron chi connectivity index (χ0n) is 12.9. The van der Waals surface area contributed by atoms with Crippen molar-refractivity contribution in [2.45, 2.75) is 13.0 Å². The molecule has 1 aliphatic rings. The summed E-state index contributed by atoms with van der Waals surface area (Å²) in [4.78, 5) is 11.6. The molecule has 1 aromatic heterocycles. The van der Waals surface area contributed by atoms with Gasteiger partial charge in [0.1, 0.15) is 5.82 Å². The molecule has 5 heteroatoms. The number of aromatic nitrogens is 1. The monoisotopic (exact) mass is 277 g/mol. The van der Waals surface area contributed by atoms with Gasteiger partial charge in [0.15, 0.2) is 0 Å². The fraction of sp³-hybridized carbons (Fsp3) is 0.667. The van der Waals surface area contributed by atoms with E-state index in [0.29, 0.717) is 0 Å². The van der Waals surface area contributed by atoms with E-state index in [1.54, 1.807) is 0 Å². The molecule has 112 valence electrons. The van der Waals surface area contributed by atoms with Gasteiger partial charge in [-0.05, 0) is 38.7 Å². The number of hydrogen-bond donors (Lipinski definition) is 1. The lowest BCUT2D eigenvalue weighted by Crippen LogP contribution is -2.48. The second-order valence-electron chi connectivity index (χ2n) is 5.87. The summed E-state index contributed by atoms with van der Waals surface area (Å²) in [6, 6.07) is 4.19. The molecule has 2 N–H and O–H groups in total. The van der Waals surface area contributed by atoms with Gasteiger partial charge in [-0.1, -0.05) is 0 Å².